The lowest BCUT2D eigenvalue weighted by molar-refractivity contribution is 0.181. The quantitative estimate of drug-likeness (QED) is 0.520. The number of benzene rings is 1. The monoisotopic (exact) mass is 406 g/mol. The number of aryl methyl sites for hydroxylation is 1. The van der Waals surface area contributed by atoms with Gasteiger partial charge in [0.05, 0.1) is 29.3 Å². The fourth-order valence-corrected chi connectivity index (χ4v) is 4.01. The number of pyridine rings is 1. The normalized spacial score (nSPS) is 15.4. The number of imidazole rings is 1. The van der Waals surface area contributed by atoms with Crippen molar-refractivity contribution >= 4 is 11.0 Å². The molecule has 160 valence electrons. The summed E-state index contributed by atoms with van der Waals surface area (Å²) in [6, 6.07) is 12.7. The van der Waals surface area contributed by atoms with Gasteiger partial charge in [-0.25, -0.2) is 4.98 Å². The molecule has 4 rings (SSSR count). The number of rotatable bonds is 7. The van der Waals surface area contributed by atoms with Crippen LogP contribution in [0.5, 0.6) is 0 Å². The Hall–Kier alpha value is -2.54. The third kappa shape index (κ3) is 5.14. The van der Waals surface area contributed by atoms with E-state index in [-0.39, 0.29) is 6.04 Å². The lowest BCUT2D eigenvalue weighted by Crippen LogP contribution is -2.33. The van der Waals surface area contributed by atoms with Crippen LogP contribution in [-0.4, -0.2) is 39.5 Å². The molecule has 1 aliphatic rings. The Morgan fingerprint density at radius 1 is 1.17 bits per heavy atom. The number of H-pyrrole nitrogens is 1. The molecule has 1 aromatic carbocycles. The van der Waals surface area contributed by atoms with E-state index in [9.17, 15) is 0 Å². The molecule has 1 unspecified atom stereocenters. The number of fused-ring (bicyclic) bond motifs is 2. The van der Waals surface area contributed by atoms with Crippen molar-refractivity contribution in [3.63, 3.8) is 0 Å². The first-order valence-electron chi connectivity index (χ1n) is 11.0. The van der Waals surface area contributed by atoms with Crippen LogP contribution in [0.25, 0.3) is 11.0 Å². The van der Waals surface area contributed by atoms with Crippen molar-refractivity contribution in [1.82, 2.24) is 19.9 Å². The molecule has 30 heavy (non-hydrogen) atoms. The molecule has 0 radical (unpaired) electrons. The molecular weight excluding hydrogens is 372 g/mol. The Morgan fingerprint density at radius 3 is 2.73 bits per heavy atom. The largest absolute Gasteiger partial charge is 0.341 e. The van der Waals surface area contributed by atoms with Gasteiger partial charge in [0, 0.05) is 25.8 Å². The van der Waals surface area contributed by atoms with E-state index in [1.165, 1.54) is 17.7 Å². The van der Waals surface area contributed by atoms with Crippen LogP contribution in [0.15, 0.2) is 54.2 Å². The third-order valence-corrected chi connectivity index (χ3v) is 5.54. The maximum atomic E-state index is 5.83. The van der Waals surface area contributed by atoms with Crippen molar-refractivity contribution in [3.05, 3.63) is 71.3 Å². The number of hydrogen-bond acceptors (Lipinski definition) is 5. The number of nitrogens with one attached hydrogen (secondary N) is 1. The van der Waals surface area contributed by atoms with Gasteiger partial charge in [-0.05, 0) is 48.6 Å². The predicted octanol–water partition coefficient (Wildman–Crippen LogP) is 3.71. The van der Waals surface area contributed by atoms with Gasteiger partial charge in [0.15, 0.2) is 0 Å². The first-order chi connectivity index (χ1) is 14.8. The smallest absolute Gasteiger partial charge is 0.121 e. The van der Waals surface area contributed by atoms with E-state index in [1.54, 1.807) is 0 Å². The summed E-state index contributed by atoms with van der Waals surface area (Å²) in [5.41, 5.74) is 17.4. The zero-order valence-electron chi connectivity index (χ0n) is 18.1. The minimum absolute atomic E-state index is 0.270. The number of aromatic nitrogens is 3. The number of para-hydroxylation sites is 2. The Labute approximate surface area is 179 Å². The zero-order chi connectivity index (χ0) is 21.3. The molecule has 5 N–H and O–H groups in total. The first-order valence-corrected chi connectivity index (χ1v) is 11.0. The van der Waals surface area contributed by atoms with E-state index in [0.29, 0.717) is 13.1 Å². The molecule has 2 aromatic heterocycles. The van der Waals surface area contributed by atoms with Crippen LogP contribution in [0, 0.1) is 0 Å². The van der Waals surface area contributed by atoms with Gasteiger partial charge < -0.3 is 16.5 Å². The van der Waals surface area contributed by atoms with Gasteiger partial charge in [-0.15, -0.1) is 0 Å². The second kappa shape index (κ2) is 11.0. The van der Waals surface area contributed by atoms with E-state index in [4.69, 9.17) is 21.4 Å². The maximum absolute atomic E-state index is 5.83. The van der Waals surface area contributed by atoms with E-state index in [0.717, 1.165) is 48.4 Å². The summed E-state index contributed by atoms with van der Waals surface area (Å²) in [5, 5.41) is 0. The SMILES string of the molecule is CC.NCC(=CCN(Cc1nc2ccccc2[nH]1)C1CCCc2cccnc21)CN. The van der Waals surface area contributed by atoms with Crippen LogP contribution >= 0.6 is 0 Å². The van der Waals surface area contributed by atoms with Gasteiger partial charge in [-0.1, -0.05) is 38.1 Å². The van der Waals surface area contributed by atoms with Crippen molar-refractivity contribution < 1.29 is 0 Å². The number of nitrogens with two attached hydrogens (primary N) is 2. The van der Waals surface area contributed by atoms with Crippen LogP contribution in [0.1, 0.15) is 49.8 Å². The van der Waals surface area contributed by atoms with Crippen molar-refractivity contribution in [3.8, 4) is 0 Å². The van der Waals surface area contributed by atoms with Gasteiger partial charge in [0.1, 0.15) is 5.82 Å². The third-order valence-electron chi connectivity index (χ3n) is 5.54. The molecule has 1 aliphatic carbocycles. The van der Waals surface area contributed by atoms with E-state index in [1.807, 2.05) is 44.3 Å². The molecule has 0 saturated carbocycles. The fourth-order valence-electron chi connectivity index (χ4n) is 4.01. The summed E-state index contributed by atoms with van der Waals surface area (Å²) in [7, 11) is 0. The molecule has 0 amide bonds. The predicted molar refractivity (Wildman–Crippen MR) is 124 cm³/mol. The second-order valence-electron chi connectivity index (χ2n) is 7.36. The number of aromatic amines is 1. The molecule has 0 bridgehead atoms. The summed E-state index contributed by atoms with van der Waals surface area (Å²) in [6.07, 6.45) is 7.44. The van der Waals surface area contributed by atoms with Crippen molar-refractivity contribution in [2.24, 2.45) is 11.5 Å². The summed E-state index contributed by atoms with van der Waals surface area (Å²) in [4.78, 5) is 15.4. The second-order valence-corrected chi connectivity index (χ2v) is 7.36. The molecule has 1 atom stereocenters. The topological polar surface area (TPSA) is 96.8 Å². The van der Waals surface area contributed by atoms with Crippen molar-refractivity contribution in [2.75, 3.05) is 19.6 Å². The molecule has 6 heteroatoms. The summed E-state index contributed by atoms with van der Waals surface area (Å²) in [6.45, 7) is 6.50. The van der Waals surface area contributed by atoms with Gasteiger partial charge in [-0.3, -0.25) is 9.88 Å². The Morgan fingerprint density at radius 2 is 1.97 bits per heavy atom. The standard InChI is InChI=1S/C22H28N6.C2H6/c23-13-16(14-24)10-12-28(15-21-26-18-7-1-2-8-19(18)27-21)20-9-3-5-17-6-4-11-25-22(17)20;1-2/h1-2,4,6-8,10-11,20H,3,5,9,12-15,23-24H2,(H,26,27);1-2H3. The van der Waals surface area contributed by atoms with E-state index >= 15 is 0 Å². The molecule has 0 aliphatic heterocycles. The summed E-state index contributed by atoms with van der Waals surface area (Å²) < 4.78 is 0. The van der Waals surface area contributed by atoms with Crippen LogP contribution in [0.2, 0.25) is 0 Å². The van der Waals surface area contributed by atoms with E-state index < -0.39 is 0 Å². The lowest BCUT2D eigenvalue weighted by atomic mass is 9.90. The molecule has 0 fully saturated rings. The summed E-state index contributed by atoms with van der Waals surface area (Å²) in [5.74, 6) is 0.972. The highest BCUT2D eigenvalue weighted by Crippen LogP contribution is 2.33. The molecule has 0 saturated heterocycles. The van der Waals surface area contributed by atoms with Crippen molar-refractivity contribution in [1.29, 1.82) is 0 Å². The molecule has 6 nitrogen and oxygen atoms in total. The van der Waals surface area contributed by atoms with Gasteiger partial charge >= 0.3 is 0 Å². The Bertz CT molecular complexity index is 922. The minimum Gasteiger partial charge on any atom is -0.341 e. The highest BCUT2D eigenvalue weighted by molar-refractivity contribution is 5.74. The lowest BCUT2D eigenvalue weighted by Gasteiger charge is -2.34. The van der Waals surface area contributed by atoms with Crippen molar-refractivity contribution in [2.45, 2.75) is 45.7 Å². The number of hydrogen-bond donors (Lipinski definition) is 3. The van der Waals surface area contributed by atoms with E-state index in [2.05, 4.69) is 28.1 Å². The Kier molecular flexibility index (Phi) is 8.13. The zero-order valence-corrected chi connectivity index (χ0v) is 18.1. The fraction of sp³-hybridized carbons (Fsp3) is 0.417. The highest BCUT2D eigenvalue weighted by atomic mass is 15.2. The minimum atomic E-state index is 0.270. The van der Waals surface area contributed by atoms with Gasteiger partial charge in [0.25, 0.3) is 0 Å². The molecule has 0 spiro atoms. The molecule has 3 aromatic rings. The van der Waals surface area contributed by atoms with Crippen LogP contribution < -0.4 is 11.5 Å². The number of nitrogens with zero attached hydrogens (tertiary/aromatic N) is 3. The van der Waals surface area contributed by atoms with Gasteiger partial charge in [-0.2, -0.15) is 0 Å². The van der Waals surface area contributed by atoms with Crippen LogP contribution in [-0.2, 0) is 13.0 Å². The highest BCUT2D eigenvalue weighted by Gasteiger charge is 2.27. The molecule has 2 heterocycles. The van der Waals surface area contributed by atoms with Gasteiger partial charge in [0.2, 0.25) is 0 Å². The summed E-state index contributed by atoms with van der Waals surface area (Å²) >= 11 is 0. The maximum Gasteiger partial charge on any atom is 0.121 e. The average Bonchev–Trinajstić information content (AvgIpc) is 3.22. The van der Waals surface area contributed by atoms with Crippen LogP contribution in [0.3, 0.4) is 0 Å². The molecular formula is C24H34N6. The Balaban J connectivity index is 0.00000124. The van der Waals surface area contributed by atoms with Crippen LogP contribution in [0.4, 0.5) is 0 Å². The average molecular weight is 407 g/mol. The first kappa shape index (κ1) is 22.2.